The summed E-state index contributed by atoms with van der Waals surface area (Å²) in [6.45, 7) is 3.44. The Hall–Kier alpha value is -0.220. The largest absolute Gasteiger partial charge is 0.461 e. The predicted octanol–water partition coefficient (Wildman–Crippen LogP) is 5.52. The molecular weight excluding hydrogens is 330 g/mol. The van der Waals surface area contributed by atoms with E-state index in [0.717, 1.165) is 12.8 Å². The Morgan fingerprint density at radius 3 is 2.16 bits per heavy atom. The number of carbonyl (C=O) groups excluding carboxylic acids is 1. The molecule has 0 aromatic heterocycles. The van der Waals surface area contributed by atoms with Crippen LogP contribution in [0.2, 0.25) is 0 Å². The maximum Gasteiger partial charge on any atom is 0.313 e. The number of nitrogens with zero attached hydrogens (tertiary/aromatic N) is 1. The standard InChI is InChI=1S/C21H41NO2S/c1-4-5-6-7-8-9-10-11-14-19-20(24-21(19)23)15-12-17-25-18-13-16-22(2)3/h19-20H,4-18H2,1-3H3/t19-,20-/m0/s1. The minimum Gasteiger partial charge on any atom is -0.461 e. The van der Waals surface area contributed by atoms with Gasteiger partial charge in [0.2, 0.25) is 0 Å². The van der Waals surface area contributed by atoms with Crippen molar-refractivity contribution in [2.75, 3.05) is 32.1 Å². The molecule has 0 aliphatic carbocycles. The number of carbonyl (C=O) groups is 1. The van der Waals surface area contributed by atoms with E-state index in [4.69, 9.17) is 4.74 Å². The van der Waals surface area contributed by atoms with E-state index in [9.17, 15) is 4.79 Å². The van der Waals surface area contributed by atoms with Crippen LogP contribution in [0.15, 0.2) is 0 Å². The summed E-state index contributed by atoms with van der Waals surface area (Å²) in [6, 6.07) is 0. The van der Waals surface area contributed by atoms with Crippen LogP contribution in [0.5, 0.6) is 0 Å². The van der Waals surface area contributed by atoms with Gasteiger partial charge in [0.25, 0.3) is 0 Å². The molecule has 0 radical (unpaired) electrons. The van der Waals surface area contributed by atoms with Crippen molar-refractivity contribution in [3.63, 3.8) is 0 Å². The van der Waals surface area contributed by atoms with E-state index in [1.807, 2.05) is 11.8 Å². The molecule has 4 heteroatoms. The summed E-state index contributed by atoms with van der Waals surface area (Å²) in [6.07, 6.45) is 15.4. The van der Waals surface area contributed by atoms with E-state index < -0.39 is 0 Å². The summed E-state index contributed by atoms with van der Waals surface area (Å²) in [5, 5.41) is 0. The van der Waals surface area contributed by atoms with Crippen LogP contribution in [0.3, 0.4) is 0 Å². The molecule has 0 aromatic rings. The second kappa shape index (κ2) is 14.9. The third-order valence-corrected chi connectivity index (χ3v) is 6.21. The van der Waals surface area contributed by atoms with E-state index >= 15 is 0 Å². The quantitative estimate of drug-likeness (QED) is 0.248. The van der Waals surface area contributed by atoms with Crippen LogP contribution in [0.25, 0.3) is 0 Å². The van der Waals surface area contributed by atoms with Gasteiger partial charge in [-0.3, -0.25) is 4.79 Å². The van der Waals surface area contributed by atoms with Crippen LogP contribution in [-0.2, 0) is 9.53 Å². The molecular formula is C21H41NO2S. The molecule has 1 fully saturated rings. The lowest BCUT2D eigenvalue weighted by Crippen LogP contribution is -2.45. The lowest BCUT2D eigenvalue weighted by molar-refractivity contribution is -0.186. The Bertz CT molecular complexity index is 336. The number of unbranched alkanes of at least 4 members (excludes halogenated alkanes) is 7. The Labute approximate surface area is 160 Å². The number of hydrogen-bond donors (Lipinski definition) is 0. The molecule has 25 heavy (non-hydrogen) atoms. The highest BCUT2D eigenvalue weighted by molar-refractivity contribution is 7.99. The first kappa shape index (κ1) is 22.8. The Morgan fingerprint density at radius 1 is 0.880 bits per heavy atom. The molecule has 1 rings (SSSR count). The fraction of sp³-hybridized carbons (Fsp3) is 0.952. The van der Waals surface area contributed by atoms with Crippen molar-refractivity contribution in [3.8, 4) is 0 Å². The third-order valence-electron chi connectivity index (χ3n) is 5.06. The Balaban J connectivity index is 1.94. The number of rotatable bonds is 17. The highest BCUT2D eigenvalue weighted by Gasteiger charge is 2.40. The average molecular weight is 372 g/mol. The van der Waals surface area contributed by atoms with Gasteiger partial charge in [0, 0.05) is 0 Å². The minimum atomic E-state index is 0.0616. The van der Waals surface area contributed by atoms with Crippen LogP contribution in [0, 0.1) is 5.92 Å². The van der Waals surface area contributed by atoms with Crippen LogP contribution >= 0.6 is 11.8 Å². The van der Waals surface area contributed by atoms with E-state index in [-0.39, 0.29) is 18.0 Å². The van der Waals surface area contributed by atoms with Gasteiger partial charge in [-0.2, -0.15) is 11.8 Å². The van der Waals surface area contributed by atoms with E-state index in [2.05, 4.69) is 25.9 Å². The maximum atomic E-state index is 11.7. The van der Waals surface area contributed by atoms with Crippen molar-refractivity contribution in [1.29, 1.82) is 0 Å². The highest BCUT2D eigenvalue weighted by atomic mass is 32.2. The van der Waals surface area contributed by atoms with Crippen molar-refractivity contribution in [1.82, 2.24) is 4.90 Å². The highest BCUT2D eigenvalue weighted by Crippen LogP contribution is 2.31. The fourth-order valence-corrected chi connectivity index (χ4v) is 4.34. The number of cyclic esters (lactones) is 1. The number of ether oxygens (including phenoxy) is 1. The minimum absolute atomic E-state index is 0.0616. The molecule has 1 saturated heterocycles. The third kappa shape index (κ3) is 11.2. The molecule has 1 aliphatic heterocycles. The summed E-state index contributed by atoms with van der Waals surface area (Å²) < 4.78 is 5.38. The zero-order valence-electron chi connectivity index (χ0n) is 16.9. The van der Waals surface area contributed by atoms with Gasteiger partial charge in [0.1, 0.15) is 6.10 Å². The molecule has 0 bridgehead atoms. The molecule has 0 N–H and O–H groups in total. The van der Waals surface area contributed by atoms with Crippen LogP contribution < -0.4 is 0 Å². The zero-order valence-corrected chi connectivity index (χ0v) is 17.7. The van der Waals surface area contributed by atoms with Gasteiger partial charge in [-0.1, -0.05) is 58.3 Å². The number of thioether (sulfide) groups is 1. The SMILES string of the molecule is CCCCCCCCCC[C@@H]1C(=O)O[C@H]1CCCSCCCN(C)C. The first-order valence-electron chi connectivity index (χ1n) is 10.6. The number of esters is 1. The molecule has 0 aromatic carbocycles. The average Bonchev–Trinajstić information content (AvgIpc) is 2.58. The molecule has 0 saturated carbocycles. The van der Waals surface area contributed by atoms with E-state index in [0.29, 0.717) is 0 Å². The monoisotopic (exact) mass is 371 g/mol. The van der Waals surface area contributed by atoms with Crippen molar-refractivity contribution < 1.29 is 9.53 Å². The second-order valence-corrected chi connectivity index (χ2v) is 8.98. The van der Waals surface area contributed by atoms with Crippen molar-refractivity contribution in [2.45, 2.75) is 90.1 Å². The van der Waals surface area contributed by atoms with Crippen LogP contribution in [0.4, 0.5) is 0 Å². The zero-order chi connectivity index (χ0) is 18.3. The second-order valence-electron chi connectivity index (χ2n) is 7.76. The molecule has 0 amide bonds. The molecule has 0 unspecified atom stereocenters. The van der Waals surface area contributed by atoms with Crippen molar-refractivity contribution in [3.05, 3.63) is 0 Å². The summed E-state index contributed by atoms with van der Waals surface area (Å²) in [7, 11) is 4.25. The summed E-state index contributed by atoms with van der Waals surface area (Å²) in [5.41, 5.74) is 0. The van der Waals surface area contributed by atoms with E-state index in [1.54, 1.807) is 0 Å². The molecule has 2 atom stereocenters. The van der Waals surface area contributed by atoms with Gasteiger partial charge in [-0.05, 0) is 57.8 Å². The van der Waals surface area contributed by atoms with E-state index in [1.165, 1.54) is 82.3 Å². The molecule has 148 valence electrons. The van der Waals surface area contributed by atoms with Gasteiger partial charge in [0.15, 0.2) is 0 Å². The molecule has 0 spiro atoms. The maximum absolute atomic E-state index is 11.7. The summed E-state index contributed by atoms with van der Waals surface area (Å²) in [4.78, 5) is 13.9. The van der Waals surface area contributed by atoms with Crippen molar-refractivity contribution in [2.24, 2.45) is 5.92 Å². The Morgan fingerprint density at radius 2 is 1.52 bits per heavy atom. The van der Waals surface area contributed by atoms with Gasteiger partial charge in [0.05, 0.1) is 5.92 Å². The van der Waals surface area contributed by atoms with Gasteiger partial charge < -0.3 is 9.64 Å². The normalized spacial score (nSPS) is 19.9. The predicted molar refractivity (Wildman–Crippen MR) is 110 cm³/mol. The van der Waals surface area contributed by atoms with Gasteiger partial charge in [-0.15, -0.1) is 0 Å². The summed E-state index contributed by atoms with van der Waals surface area (Å²) >= 11 is 2.04. The van der Waals surface area contributed by atoms with Crippen molar-refractivity contribution >= 4 is 17.7 Å². The molecule has 1 aliphatic rings. The smallest absolute Gasteiger partial charge is 0.313 e. The van der Waals surface area contributed by atoms with Crippen LogP contribution in [0.1, 0.15) is 84.0 Å². The van der Waals surface area contributed by atoms with Gasteiger partial charge >= 0.3 is 5.97 Å². The topological polar surface area (TPSA) is 29.5 Å². The van der Waals surface area contributed by atoms with Crippen LogP contribution in [-0.4, -0.2) is 49.1 Å². The lowest BCUT2D eigenvalue weighted by Gasteiger charge is -2.35. The first-order valence-corrected chi connectivity index (χ1v) is 11.7. The molecule has 1 heterocycles. The molecule has 3 nitrogen and oxygen atoms in total. The lowest BCUT2D eigenvalue weighted by atomic mass is 9.88. The summed E-state index contributed by atoms with van der Waals surface area (Å²) in [5.74, 6) is 2.71. The number of hydrogen-bond acceptors (Lipinski definition) is 4. The fourth-order valence-electron chi connectivity index (χ4n) is 3.43. The van der Waals surface area contributed by atoms with Gasteiger partial charge in [-0.25, -0.2) is 0 Å². The Kier molecular flexibility index (Phi) is 13.6. The first-order chi connectivity index (χ1) is 12.1.